The number of nitrogens with zero attached hydrogens (tertiary/aromatic N) is 2. The molecule has 8 heteroatoms. The van der Waals surface area contributed by atoms with E-state index in [1.165, 1.54) is 0 Å². The van der Waals surface area contributed by atoms with E-state index in [4.69, 9.17) is 19.2 Å². The summed E-state index contributed by atoms with van der Waals surface area (Å²) in [6.45, 7) is 12.9. The molecule has 0 radical (unpaired) electrons. The Morgan fingerprint density at radius 3 is 2.62 bits per heavy atom. The van der Waals surface area contributed by atoms with Crippen LogP contribution in [0.25, 0.3) is 0 Å². The number of morpholine rings is 1. The quantitative estimate of drug-likeness (QED) is 0.314. The average molecular weight is 518 g/mol. The van der Waals surface area contributed by atoms with Crippen molar-refractivity contribution in [3.63, 3.8) is 0 Å². The van der Waals surface area contributed by atoms with Crippen molar-refractivity contribution < 1.29 is 14.2 Å². The van der Waals surface area contributed by atoms with E-state index < -0.39 is 0 Å². The molecule has 29 heavy (non-hydrogen) atoms. The maximum atomic E-state index is 5.52. The van der Waals surface area contributed by atoms with Gasteiger partial charge in [0, 0.05) is 32.2 Å². The molecule has 2 heterocycles. The molecule has 1 aromatic rings. The van der Waals surface area contributed by atoms with Crippen molar-refractivity contribution in [2.75, 3.05) is 46.2 Å². The number of hydrogen-bond donors (Lipinski definition) is 2. The topological polar surface area (TPSA) is 67.4 Å². The fourth-order valence-corrected chi connectivity index (χ4v) is 3.61. The Morgan fingerprint density at radius 2 is 1.90 bits per heavy atom. The van der Waals surface area contributed by atoms with Crippen LogP contribution in [-0.2, 0) is 11.3 Å². The van der Waals surface area contributed by atoms with E-state index in [2.05, 4.69) is 36.3 Å². The zero-order valence-corrected chi connectivity index (χ0v) is 20.1. The van der Waals surface area contributed by atoms with Crippen LogP contribution in [0.5, 0.6) is 11.5 Å². The first-order chi connectivity index (χ1) is 13.7. The molecule has 1 fully saturated rings. The molecule has 1 atom stereocenters. The Bertz CT molecular complexity index is 651. The van der Waals surface area contributed by atoms with Crippen LogP contribution in [0.15, 0.2) is 23.2 Å². The van der Waals surface area contributed by atoms with Gasteiger partial charge in [-0.2, -0.15) is 0 Å². The van der Waals surface area contributed by atoms with Gasteiger partial charge in [-0.25, -0.2) is 4.99 Å². The van der Waals surface area contributed by atoms with E-state index in [0.717, 1.165) is 68.8 Å². The Labute approximate surface area is 191 Å². The molecule has 1 aromatic carbocycles. The van der Waals surface area contributed by atoms with Gasteiger partial charge in [0.2, 0.25) is 6.79 Å². The van der Waals surface area contributed by atoms with Crippen molar-refractivity contribution in [1.29, 1.82) is 0 Å². The van der Waals surface area contributed by atoms with Crippen molar-refractivity contribution in [2.45, 2.75) is 39.8 Å². The normalized spacial score (nSPS) is 17.7. The van der Waals surface area contributed by atoms with Gasteiger partial charge in [-0.1, -0.05) is 19.9 Å². The molecular weight excluding hydrogens is 483 g/mol. The van der Waals surface area contributed by atoms with Gasteiger partial charge >= 0.3 is 0 Å². The summed E-state index contributed by atoms with van der Waals surface area (Å²) in [5, 5.41) is 6.90. The molecule has 164 valence electrons. The molecule has 1 unspecified atom stereocenters. The van der Waals surface area contributed by atoms with Gasteiger partial charge in [-0.3, -0.25) is 4.90 Å². The van der Waals surface area contributed by atoms with Crippen LogP contribution in [0, 0.1) is 5.92 Å². The predicted molar refractivity (Wildman–Crippen MR) is 126 cm³/mol. The molecule has 0 saturated carbocycles. The number of fused-ring (bicyclic) bond motifs is 1. The van der Waals surface area contributed by atoms with Gasteiger partial charge in [0.15, 0.2) is 17.5 Å². The minimum atomic E-state index is 0. The maximum Gasteiger partial charge on any atom is 0.231 e. The van der Waals surface area contributed by atoms with E-state index >= 15 is 0 Å². The van der Waals surface area contributed by atoms with Crippen LogP contribution in [0.1, 0.15) is 32.8 Å². The summed E-state index contributed by atoms with van der Waals surface area (Å²) >= 11 is 0. The van der Waals surface area contributed by atoms with Crippen molar-refractivity contribution in [1.82, 2.24) is 15.5 Å². The van der Waals surface area contributed by atoms with E-state index in [9.17, 15) is 0 Å². The summed E-state index contributed by atoms with van der Waals surface area (Å²) in [7, 11) is 0. The van der Waals surface area contributed by atoms with E-state index in [0.29, 0.717) is 25.3 Å². The molecule has 0 aromatic heterocycles. The highest BCUT2D eigenvalue weighted by atomic mass is 127. The smallest absolute Gasteiger partial charge is 0.231 e. The first kappa shape index (κ1) is 24.0. The lowest BCUT2D eigenvalue weighted by atomic mass is 10.0. The Balaban J connectivity index is 0.00000300. The molecule has 2 N–H and O–H groups in total. The number of benzene rings is 1. The van der Waals surface area contributed by atoms with Crippen LogP contribution in [0.3, 0.4) is 0 Å². The van der Waals surface area contributed by atoms with Gasteiger partial charge in [-0.05, 0) is 37.0 Å². The van der Waals surface area contributed by atoms with Gasteiger partial charge in [-0.15, -0.1) is 24.0 Å². The van der Waals surface area contributed by atoms with Crippen molar-refractivity contribution in [3.8, 4) is 11.5 Å². The van der Waals surface area contributed by atoms with Gasteiger partial charge in [0.1, 0.15) is 0 Å². The monoisotopic (exact) mass is 518 g/mol. The third-order valence-electron chi connectivity index (χ3n) is 5.01. The summed E-state index contributed by atoms with van der Waals surface area (Å²) in [4.78, 5) is 7.30. The molecule has 7 nitrogen and oxygen atoms in total. The fourth-order valence-electron chi connectivity index (χ4n) is 3.61. The van der Waals surface area contributed by atoms with Crippen LogP contribution in [-0.4, -0.2) is 63.1 Å². The highest BCUT2D eigenvalue weighted by Crippen LogP contribution is 2.32. The number of rotatable bonds is 8. The van der Waals surface area contributed by atoms with Gasteiger partial charge in [0.25, 0.3) is 0 Å². The second-order valence-corrected chi connectivity index (χ2v) is 7.70. The molecule has 2 aliphatic heterocycles. The third kappa shape index (κ3) is 7.49. The largest absolute Gasteiger partial charge is 0.454 e. The molecule has 0 aliphatic carbocycles. The number of nitrogens with one attached hydrogen (secondary N) is 2. The van der Waals surface area contributed by atoms with Gasteiger partial charge < -0.3 is 24.8 Å². The molecule has 0 bridgehead atoms. The maximum absolute atomic E-state index is 5.52. The SMILES string of the molecule is CCNC(=NCc1ccc2c(c1)OCO2)NCC(CC(C)C)N1CCOCC1.I. The second-order valence-electron chi connectivity index (χ2n) is 7.70. The average Bonchev–Trinajstić information content (AvgIpc) is 3.17. The predicted octanol–water partition coefficient (Wildman–Crippen LogP) is 2.84. The summed E-state index contributed by atoms with van der Waals surface area (Å²) in [6.07, 6.45) is 1.16. The summed E-state index contributed by atoms with van der Waals surface area (Å²) < 4.78 is 16.4. The second kappa shape index (κ2) is 12.4. The third-order valence-corrected chi connectivity index (χ3v) is 5.01. The summed E-state index contributed by atoms with van der Waals surface area (Å²) in [5.41, 5.74) is 1.10. The lowest BCUT2D eigenvalue weighted by molar-refractivity contribution is 0.0132. The number of halogens is 1. The summed E-state index contributed by atoms with van der Waals surface area (Å²) in [6, 6.07) is 6.48. The van der Waals surface area contributed by atoms with Crippen molar-refractivity contribution >= 4 is 29.9 Å². The number of guanidine groups is 1. The lowest BCUT2D eigenvalue weighted by Gasteiger charge is -2.35. The highest BCUT2D eigenvalue weighted by Gasteiger charge is 2.22. The first-order valence-corrected chi connectivity index (χ1v) is 10.4. The van der Waals surface area contributed by atoms with Crippen LogP contribution in [0.4, 0.5) is 0 Å². The molecule has 3 rings (SSSR count). The number of ether oxygens (including phenoxy) is 3. The van der Waals surface area contributed by atoms with Crippen molar-refractivity contribution in [3.05, 3.63) is 23.8 Å². The Morgan fingerprint density at radius 1 is 1.14 bits per heavy atom. The zero-order valence-electron chi connectivity index (χ0n) is 17.8. The van der Waals surface area contributed by atoms with E-state index in [-0.39, 0.29) is 24.0 Å². The Hall–Kier alpha value is -1.26. The highest BCUT2D eigenvalue weighted by molar-refractivity contribution is 14.0. The van der Waals surface area contributed by atoms with E-state index in [1.54, 1.807) is 0 Å². The van der Waals surface area contributed by atoms with Gasteiger partial charge in [0.05, 0.1) is 19.8 Å². The molecule has 2 aliphatic rings. The molecule has 0 amide bonds. The van der Waals surface area contributed by atoms with Crippen LogP contribution in [0.2, 0.25) is 0 Å². The number of hydrogen-bond acceptors (Lipinski definition) is 5. The molecule has 1 saturated heterocycles. The zero-order chi connectivity index (χ0) is 19.8. The Kier molecular flexibility index (Phi) is 10.3. The number of aliphatic imine (C=N–C) groups is 1. The fraction of sp³-hybridized carbons (Fsp3) is 0.667. The first-order valence-electron chi connectivity index (χ1n) is 10.4. The van der Waals surface area contributed by atoms with Crippen LogP contribution < -0.4 is 20.1 Å². The standard InChI is InChI=1S/C21H34N4O3.HI/c1-4-22-21(23-13-17-5-6-19-20(12-17)28-15-27-19)24-14-18(11-16(2)3)25-7-9-26-10-8-25;/h5-6,12,16,18H,4,7-11,13-15H2,1-3H3,(H2,22,23,24);1H. The lowest BCUT2D eigenvalue weighted by Crippen LogP contribution is -2.51. The minimum Gasteiger partial charge on any atom is -0.454 e. The minimum absolute atomic E-state index is 0. The molecule has 0 spiro atoms. The van der Waals surface area contributed by atoms with Crippen LogP contribution >= 0.6 is 24.0 Å². The van der Waals surface area contributed by atoms with E-state index in [1.807, 2.05) is 18.2 Å². The summed E-state index contributed by atoms with van der Waals surface area (Å²) in [5.74, 6) is 3.11. The van der Waals surface area contributed by atoms with Crippen molar-refractivity contribution in [2.24, 2.45) is 10.9 Å². The molecular formula is C21H35IN4O3.